The molecule has 3 amide bonds. The number of thioether (sulfide) groups is 1. The van der Waals surface area contributed by atoms with Gasteiger partial charge in [0.05, 0.1) is 22.4 Å². The molecule has 0 radical (unpaired) electrons. The first-order valence-electron chi connectivity index (χ1n) is 9.67. The Hall–Kier alpha value is -3.91. The third kappa shape index (κ3) is 4.26. The Labute approximate surface area is 188 Å². The molecule has 0 aliphatic carbocycles. The number of carbonyl (C=O) groups is 4. The van der Waals surface area contributed by atoms with Gasteiger partial charge in [-0.05, 0) is 66.9 Å². The van der Waals surface area contributed by atoms with E-state index in [4.69, 9.17) is 4.74 Å². The van der Waals surface area contributed by atoms with Crippen molar-refractivity contribution in [3.63, 3.8) is 0 Å². The molecule has 0 spiro atoms. The van der Waals surface area contributed by atoms with Crippen molar-refractivity contribution in [2.75, 3.05) is 23.1 Å². The molecule has 1 heterocycles. The number of hydrogen-bond donors (Lipinski definition) is 1. The quantitative estimate of drug-likeness (QED) is 0.350. The van der Waals surface area contributed by atoms with Crippen LogP contribution in [0, 0.1) is 0 Å². The van der Waals surface area contributed by atoms with E-state index in [1.807, 2.05) is 18.4 Å². The van der Waals surface area contributed by atoms with Crippen LogP contribution in [-0.4, -0.2) is 36.6 Å². The Morgan fingerprint density at radius 2 is 1.47 bits per heavy atom. The van der Waals surface area contributed by atoms with Crippen LogP contribution in [0.2, 0.25) is 0 Å². The summed E-state index contributed by atoms with van der Waals surface area (Å²) in [5.41, 5.74) is 1.83. The third-order valence-corrected chi connectivity index (χ3v) is 5.61. The van der Waals surface area contributed by atoms with E-state index < -0.39 is 30.3 Å². The molecular formula is C24H18N2O5S. The molecule has 8 heteroatoms. The molecule has 3 aromatic carbocycles. The number of rotatable bonds is 6. The van der Waals surface area contributed by atoms with Crippen molar-refractivity contribution < 1.29 is 23.9 Å². The molecule has 4 rings (SSSR count). The molecule has 0 saturated heterocycles. The first-order valence-corrected chi connectivity index (χ1v) is 10.9. The number of anilines is 2. The minimum Gasteiger partial charge on any atom is -0.452 e. The maximum Gasteiger partial charge on any atom is 0.338 e. The van der Waals surface area contributed by atoms with E-state index in [0.717, 1.165) is 9.80 Å². The highest BCUT2D eigenvalue weighted by Crippen LogP contribution is 2.28. The van der Waals surface area contributed by atoms with Gasteiger partial charge in [-0.25, -0.2) is 9.69 Å². The van der Waals surface area contributed by atoms with Crippen LogP contribution < -0.4 is 10.2 Å². The second-order valence-electron chi connectivity index (χ2n) is 6.89. The Morgan fingerprint density at radius 3 is 2.03 bits per heavy atom. The second-order valence-corrected chi connectivity index (χ2v) is 7.77. The Balaban J connectivity index is 1.36. The van der Waals surface area contributed by atoms with Crippen LogP contribution in [0.5, 0.6) is 0 Å². The molecule has 1 N–H and O–H groups in total. The SMILES string of the molecule is CSc1ccc(NC(=O)COC(=O)c2ccc(N3C(=O)c4ccccc4C3=O)cc2)cc1. The van der Waals surface area contributed by atoms with E-state index in [-0.39, 0.29) is 5.56 Å². The number of benzene rings is 3. The molecule has 0 aromatic heterocycles. The number of ether oxygens (including phenoxy) is 1. The van der Waals surface area contributed by atoms with Crippen molar-refractivity contribution in [2.45, 2.75) is 4.90 Å². The molecule has 32 heavy (non-hydrogen) atoms. The van der Waals surface area contributed by atoms with E-state index >= 15 is 0 Å². The third-order valence-electron chi connectivity index (χ3n) is 4.86. The lowest BCUT2D eigenvalue weighted by atomic mass is 10.1. The molecule has 3 aromatic rings. The van der Waals surface area contributed by atoms with Crippen molar-refractivity contribution in [2.24, 2.45) is 0 Å². The first-order chi connectivity index (χ1) is 15.5. The lowest BCUT2D eigenvalue weighted by Gasteiger charge is -2.14. The Kier molecular flexibility index (Phi) is 6.04. The summed E-state index contributed by atoms with van der Waals surface area (Å²) in [5, 5.41) is 2.66. The highest BCUT2D eigenvalue weighted by molar-refractivity contribution is 7.98. The van der Waals surface area contributed by atoms with Gasteiger partial charge >= 0.3 is 5.97 Å². The molecule has 0 fully saturated rings. The lowest BCUT2D eigenvalue weighted by molar-refractivity contribution is -0.119. The molecular weight excluding hydrogens is 428 g/mol. The zero-order chi connectivity index (χ0) is 22.7. The normalized spacial score (nSPS) is 12.5. The van der Waals surface area contributed by atoms with Gasteiger partial charge in [0, 0.05) is 10.6 Å². The summed E-state index contributed by atoms with van der Waals surface area (Å²) in [6.45, 7) is -0.441. The largest absolute Gasteiger partial charge is 0.452 e. The van der Waals surface area contributed by atoms with Gasteiger partial charge < -0.3 is 10.1 Å². The molecule has 0 bridgehead atoms. The van der Waals surface area contributed by atoms with Crippen molar-refractivity contribution in [1.82, 2.24) is 0 Å². The maximum absolute atomic E-state index is 12.6. The molecule has 1 aliphatic rings. The van der Waals surface area contributed by atoms with Gasteiger partial charge in [-0.1, -0.05) is 12.1 Å². The molecule has 7 nitrogen and oxygen atoms in total. The van der Waals surface area contributed by atoms with Crippen molar-refractivity contribution >= 4 is 46.8 Å². The molecule has 0 saturated carbocycles. The van der Waals surface area contributed by atoms with Crippen LogP contribution >= 0.6 is 11.8 Å². The number of nitrogens with zero attached hydrogens (tertiary/aromatic N) is 1. The van der Waals surface area contributed by atoms with Crippen LogP contribution in [0.3, 0.4) is 0 Å². The van der Waals surface area contributed by atoms with Crippen LogP contribution in [0.15, 0.2) is 77.7 Å². The van der Waals surface area contributed by atoms with Gasteiger partial charge in [-0.3, -0.25) is 14.4 Å². The minimum atomic E-state index is -0.688. The highest BCUT2D eigenvalue weighted by Gasteiger charge is 2.36. The minimum absolute atomic E-state index is 0.197. The topological polar surface area (TPSA) is 92.8 Å². The Bertz CT molecular complexity index is 1170. The van der Waals surface area contributed by atoms with E-state index in [9.17, 15) is 19.2 Å². The summed E-state index contributed by atoms with van der Waals surface area (Å²) < 4.78 is 5.06. The van der Waals surface area contributed by atoms with Gasteiger partial charge in [-0.2, -0.15) is 0 Å². The summed E-state index contributed by atoms with van der Waals surface area (Å²) in [6.07, 6.45) is 1.96. The van der Waals surface area contributed by atoms with E-state index in [2.05, 4.69) is 5.32 Å². The summed E-state index contributed by atoms with van der Waals surface area (Å²) in [6, 6.07) is 19.8. The summed E-state index contributed by atoms with van der Waals surface area (Å²) in [5.74, 6) is -1.98. The van der Waals surface area contributed by atoms with Crippen LogP contribution in [0.25, 0.3) is 0 Å². The second kappa shape index (κ2) is 9.07. The van der Waals surface area contributed by atoms with E-state index in [0.29, 0.717) is 22.5 Å². The average Bonchev–Trinajstić information content (AvgIpc) is 3.08. The zero-order valence-corrected chi connectivity index (χ0v) is 17.8. The molecule has 0 atom stereocenters. The van der Waals surface area contributed by atoms with E-state index in [1.165, 1.54) is 24.3 Å². The maximum atomic E-state index is 12.6. The van der Waals surface area contributed by atoms with Crippen LogP contribution in [0.1, 0.15) is 31.1 Å². The standard InChI is InChI=1S/C24H18N2O5S/c1-32-18-12-8-16(9-13-18)25-21(27)14-31-24(30)15-6-10-17(11-7-15)26-22(28)19-4-2-3-5-20(19)23(26)29/h2-13H,14H2,1H3,(H,25,27). The fourth-order valence-electron chi connectivity index (χ4n) is 3.26. The predicted molar refractivity (Wildman–Crippen MR) is 121 cm³/mol. The smallest absolute Gasteiger partial charge is 0.338 e. The van der Waals surface area contributed by atoms with Crippen molar-refractivity contribution in [3.8, 4) is 0 Å². The van der Waals surface area contributed by atoms with Crippen molar-refractivity contribution in [3.05, 3.63) is 89.5 Å². The number of esters is 1. The van der Waals surface area contributed by atoms with Gasteiger partial charge in [0.1, 0.15) is 0 Å². The van der Waals surface area contributed by atoms with E-state index in [1.54, 1.807) is 48.2 Å². The van der Waals surface area contributed by atoms with Crippen LogP contribution in [0.4, 0.5) is 11.4 Å². The molecule has 0 unspecified atom stereocenters. The number of nitrogens with one attached hydrogen (secondary N) is 1. The fraction of sp³-hybridized carbons (Fsp3) is 0.0833. The molecule has 1 aliphatic heterocycles. The number of carbonyl (C=O) groups excluding carboxylic acids is 4. The van der Waals surface area contributed by atoms with Gasteiger partial charge in [-0.15, -0.1) is 11.8 Å². The molecule has 160 valence electrons. The lowest BCUT2D eigenvalue weighted by Crippen LogP contribution is -2.29. The number of amides is 3. The first kappa shape index (κ1) is 21.3. The highest BCUT2D eigenvalue weighted by atomic mass is 32.2. The number of imide groups is 1. The van der Waals surface area contributed by atoms with Gasteiger partial charge in [0.25, 0.3) is 17.7 Å². The van der Waals surface area contributed by atoms with Gasteiger partial charge in [0.15, 0.2) is 6.61 Å². The van der Waals surface area contributed by atoms with Crippen LogP contribution in [-0.2, 0) is 9.53 Å². The summed E-state index contributed by atoms with van der Waals surface area (Å²) in [7, 11) is 0. The number of hydrogen-bond acceptors (Lipinski definition) is 6. The monoisotopic (exact) mass is 446 g/mol. The fourth-order valence-corrected chi connectivity index (χ4v) is 3.66. The van der Waals surface area contributed by atoms with Crippen molar-refractivity contribution in [1.29, 1.82) is 0 Å². The predicted octanol–water partition coefficient (Wildman–Crippen LogP) is 4.00. The average molecular weight is 446 g/mol. The Morgan fingerprint density at radius 1 is 0.875 bits per heavy atom. The van der Waals surface area contributed by atoms with Gasteiger partial charge in [0.2, 0.25) is 0 Å². The summed E-state index contributed by atoms with van der Waals surface area (Å²) in [4.78, 5) is 51.6. The summed E-state index contributed by atoms with van der Waals surface area (Å²) >= 11 is 1.59. The zero-order valence-electron chi connectivity index (χ0n) is 17.0. The number of fused-ring (bicyclic) bond motifs is 1.